The second kappa shape index (κ2) is 17.0. The first-order valence-electron chi connectivity index (χ1n) is 13.8. The number of ether oxygens (including phenoxy) is 4. The van der Waals surface area contributed by atoms with Crippen molar-refractivity contribution < 1.29 is 28.3 Å². The Morgan fingerprint density at radius 2 is 1.12 bits per heavy atom. The van der Waals surface area contributed by atoms with Gasteiger partial charge in [0, 0.05) is 0 Å². The zero-order chi connectivity index (χ0) is 29.6. The molecule has 2 aromatic rings. The summed E-state index contributed by atoms with van der Waals surface area (Å²) in [6.07, 6.45) is 6.21. The van der Waals surface area contributed by atoms with Gasteiger partial charge >= 0.3 is 7.12 Å². The molecule has 2 atom stereocenters. The fourth-order valence-corrected chi connectivity index (χ4v) is 3.86. The molecular weight excluding hydrogens is 571 g/mol. The van der Waals surface area contributed by atoms with Gasteiger partial charge in [0.25, 0.3) is 0 Å². The van der Waals surface area contributed by atoms with E-state index in [1.807, 2.05) is 65.6 Å². The number of rotatable bonds is 13. The van der Waals surface area contributed by atoms with E-state index in [2.05, 4.69) is 63.5 Å². The van der Waals surface area contributed by atoms with Gasteiger partial charge in [0.15, 0.2) is 0 Å². The second-order valence-electron chi connectivity index (χ2n) is 10.8. The first-order chi connectivity index (χ1) is 19.0. The lowest BCUT2D eigenvalue weighted by Crippen LogP contribution is -2.41. The number of halogens is 1. The van der Waals surface area contributed by atoms with Crippen LogP contribution in [0.25, 0.3) is 0 Å². The Labute approximate surface area is 250 Å². The molecule has 1 saturated heterocycles. The summed E-state index contributed by atoms with van der Waals surface area (Å²) in [6, 6.07) is 15.9. The van der Waals surface area contributed by atoms with Crippen LogP contribution in [0.4, 0.5) is 0 Å². The van der Waals surface area contributed by atoms with Gasteiger partial charge in [0.2, 0.25) is 0 Å². The van der Waals surface area contributed by atoms with Crippen LogP contribution in [0.1, 0.15) is 65.5 Å². The van der Waals surface area contributed by atoms with Crippen molar-refractivity contribution in [1.29, 1.82) is 0 Å². The Balaban J connectivity index is 0.000000305. The van der Waals surface area contributed by atoms with Crippen molar-refractivity contribution in [3.05, 3.63) is 82.8 Å². The molecule has 1 heterocycles. The average Bonchev–Trinajstić information content (AvgIpc) is 3.15. The van der Waals surface area contributed by atoms with Gasteiger partial charge in [-0.2, -0.15) is 0 Å². The molecule has 40 heavy (non-hydrogen) atoms. The molecule has 6 nitrogen and oxygen atoms in total. The van der Waals surface area contributed by atoms with Gasteiger partial charge < -0.3 is 28.3 Å². The third kappa shape index (κ3) is 11.8. The van der Waals surface area contributed by atoms with E-state index in [-0.39, 0.29) is 30.5 Å². The summed E-state index contributed by atoms with van der Waals surface area (Å²) in [5.41, 5.74) is 1.71. The first kappa shape index (κ1) is 34.1. The summed E-state index contributed by atoms with van der Waals surface area (Å²) in [4.78, 5) is 1.86. The lowest BCUT2D eigenvalue weighted by Gasteiger charge is -2.32. The van der Waals surface area contributed by atoms with E-state index in [1.54, 1.807) is 14.2 Å². The maximum absolute atomic E-state index is 5.94. The Morgan fingerprint density at radius 1 is 0.725 bits per heavy atom. The van der Waals surface area contributed by atoms with Crippen molar-refractivity contribution in [2.45, 2.75) is 91.0 Å². The van der Waals surface area contributed by atoms with E-state index < -0.39 is 0 Å². The molecule has 0 radical (unpaired) electrons. The van der Waals surface area contributed by atoms with Crippen LogP contribution in [0.5, 0.6) is 11.5 Å². The van der Waals surface area contributed by atoms with Crippen LogP contribution in [0, 0.1) is 0 Å². The van der Waals surface area contributed by atoms with Crippen LogP contribution in [0.3, 0.4) is 0 Å². The van der Waals surface area contributed by atoms with Crippen molar-refractivity contribution >= 4 is 23.0 Å². The minimum Gasteiger partial charge on any atom is -0.497 e. The topological polar surface area (TPSA) is 55.4 Å². The van der Waals surface area contributed by atoms with Crippen molar-refractivity contribution in [2.75, 3.05) is 14.2 Å². The van der Waals surface area contributed by atoms with Gasteiger partial charge in [-0.15, -0.1) is 0 Å². The lowest BCUT2D eigenvalue weighted by atomic mass is 9.89. The van der Waals surface area contributed by atoms with E-state index >= 15 is 0 Å². The summed E-state index contributed by atoms with van der Waals surface area (Å²) < 4.78 is 33.7. The van der Waals surface area contributed by atoms with Crippen LogP contribution in [-0.4, -0.2) is 44.7 Å². The fourth-order valence-electron chi connectivity index (χ4n) is 3.65. The van der Waals surface area contributed by atoms with Gasteiger partial charge in [-0.1, -0.05) is 58.3 Å². The summed E-state index contributed by atoms with van der Waals surface area (Å²) in [5.74, 6) is 3.71. The van der Waals surface area contributed by atoms with Crippen molar-refractivity contribution in [3.8, 4) is 11.5 Å². The predicted molar refractivity (Wildman–Crippen MR) is 167 cm³/mol. The van der Waals surface area contributed by atoms with E-state index in [0.29, 0.717) is 13.2 Å². The molecule has 0 amide bonds. The zero-order valence-corrected chi connectivity index (χ0v) is 26.9. The summed E-state index contributed by atoms with van der Waals surface area (Å²) >= 11 is 3.24. The maximum atomic E-state index is 5.94. The molecule has 1 aliphatic heterocycles. The predicted octanol–water partition coefficient (Wildman–Crippen LogP) is 8.08. The molecule has 0 bridgehead atoms. The molecule has 0 saturated carbocycles. The average molecular weight is 617 g/mol. The van der Waals surface area contributed by atoms with E-state index in [0.717, 1.165) is 35.5 Å². The molecule has 0 N–H and O–H groups in total. The van der Waals surface area contributed by atoms with Crippen LogP contribution >= 0.6 is 15.9 Å². The molecule has 0 spiro atoms. The quantitative estimate of drug-likeness (QED) is 0.212. The number of benzene rings is 2. The summed E-state index contributed by atoms with van der Waals surface area (Å²) in [7, 11) is 3.05. The lowest BCUT2D eigenvalue weighted by molar-refractivity contribution is 0.00578. The highest BCUT2D eigenvalue weighted by atomic mass is 79.9. The van der Waals surface area contributed by atoms with Crippen molar-refractivity contribution in [3.63, 3.8) is 0 Å². The fraction of sp³-hybridized carbons (Fsp3) is 0.500. The van der Waals surface area contributed by atoms with Gasteiger partial charge in [0.05, 0.1) is 50.8 Å². The third-order valence-corrected chi connectivity index (χ3v) is 7.35. The Hall–Kier alpha value is -2.10. The zero-order valence-electron chi connectivity index (χ0n) is 25.3. The van der Waals surface area contributed by atoms with Gasteiger partial charge in [-0.05, 0) is 94.8 Å². The van der Waals surface area contributed by atoms with Crippen molar-refractivity contribution in [2.24, 2.45) is 0 Å². The third-order valence-electron chi connectivity index (χ3n) is 6.98. The molecule has 2 aromatic carbocycles. The van der Waals surface area contributed by atoms with E-state index in [1.165, 1.54) is 0 Å². The number of hydrogen-bond donors (Lipinski definition) is 0. The molecule has 0 aromatic heterocycles. The molecule has 0 aliphatic carbocycles. The smallest absolute Gasteiger partial charge is 0.486 e. The normalized spacial score (nSPS) is 17.5. The van der Waals surface area contributed by atoms with Crippen LogP contribution < -0.4 is 9.47 Å². The summed E-state index contributed by atoms with van der Waals surface area (Å²) in [6.45, 7) is 13.6. The number of methoxy groups -OCH3 is 2. The second-order valence-corrected chi connectivity index (χ2v) is 11.4. The number of hydrogen-bond acceptors (Lipinski definition) is 6. The standard InChI is InChI=1S/C19H29BO4.C13H17BrO2/c1-15(22-14-16-9-11-17(21-6)12-10-16)8-7-13-20-23-18(2,3)19(4,5)24-20;1-11(4-3-9-14)16-10-12-5-7-13(15-2)8-6-12/h7,9-13,15H,8,14H2,1-6H3;3,5-9,11H,4,10H2,1-2H3/b13-7+;9-3-/t15-;11-/m11/s1. The van der Waals surface area contributed by atoms with Crippen LogP contribution in [0.2, 0.25) is 0 Å². The molecule has 220 valence electrons. The Morgan fingerprint density at radius 3 is 1.50 bits per heavy atom. The Bertz CT molecular complexity index is 1020. The van der Waals surface area contributed by atoms with Crippen LogP contribution in [-0.2, 0) is 32.0 Å². The molecule has 0 unspecified atom stereocenters. The molecule has 8 heteroatoms. The molecule has 1 aliphatic rings. The first-order valence-corrected chi connectivity index (χ1v) is 14.7. The largest absolute Gasteiger partial charge is 0.497 e. The van der Waals surface area contributed by atoms with Gasteiger partial charge in [-0.3, -0.25) is 0 Å². The van der Waals surface area contributed by atoms with E-state index in [9.17, 15) is 0 Å². The molecule has 3 rings (SSSR count). The van der Waals surface area contributed by atoms with Crippen LogP contribution in [0.15, 0.2) is 71.6 Å². The minimum atomic E-state index is -0.293. The van der Waals surface area contributed by atoms with Gasteiger partial charge in [-0.25, -0.2) is 0 Å². The van der Waals surface area contributed by atoms with E-state index in [4.69, 9.17) is 28.3 Å². The molecular formula is C32H46BBrO6. The highest BCUT2D eigenvalue weighted by molar-refractivity contribution is 9.11. The highest BCUT2D eigenvalue weighted by Gasteiger charge is 2.49. The SMILES string of the molecule is COc1ccc(CO[C@H](C)C/C=C/B2OC(C)(C)C(C)(C)O2)cc1.COc1ccc(CO[C@H](C)C/C=C\Br)cc1. The molecule has 1 fully saturated rings. The highest BCUT2D eigenvalue weighted by Crippen LogP contribution is 2.36. The maximum Gasteiger partial charge on any atom is 0.486 e. The van der Waals surface area contributed by atoms with Gasteiger partial charge in [0.1, 0.15) is 11.5 Å². The monoisotopic (exact) mass is 616 g/mol. The Kier molecular flexibility index (Phi) is 14.5. The van der Waals surface area contributed by atoms with Crippen molar-refractivity contribution in [1.82, 2.24) is 0 Å². The summed E-state index contributed by atoms with van der Waals surface area (Å²) in [5, 5.41) is 0. The minimum absolute atomic E-state index is 0.130.